The first-order valence-corrected chi connectivity index (χ1v) is 8.63. The Morgan fingerprint density at radius 3 is 2.68 bits per heavy atom. The fourth-order valence-corrected chi connectivity index (χ4v) is 2.49. The molecule has 134 valence electrons. The highest BCUT2D eigenvalue weighted by Gasteiger charge is 2.26. The van der Waals surface area contributed by atoms with Crippen molar-refractivity contribution in [2.45, 2.75) is 51.7 Å². The van der Waals surface area contributed by atoms with Crippen LogP contribution >= 0.6 is 0 Å². The van der Waals surface area contributed by atoms with Crippen molar-refractivity contribution in [3.05, 3.63) is 29.9 Å². The molecule has 0 spiro atoms. The summed E-state index contributed by atoms with van der Waals surface area (Å²) in [5, 5.41) is 2.93. The van der Waals surface area contributed by atoms with E-state index in [0.717, 1.165) is 18.4 Å². The molecule has 0 saturated heterocycles. The van der Waals surface area contributed by atoms with E-state index in [1.165, 1.54) is 0 Å². The smallest absolute Gasteiger partial charge is 0.410 e. The van der Waals surface area contributed by atoms with Crippen LogP contribution in [0.25, 0.3) is 5.57 Å². The SMILES string of the molecule is CC(C)(C)OC(=O)N1CC=C(c2nccc(C(=O)NC3CC3)n2)CC1. The molecular weight excluding hydrogens is 320 g/mol. The van der Waals surface area contributed by atoms with Gasteiger partial charge < -0.3 is 15.0 Å². The Labute approximate surface area is 147 Å². The molecule has 2 heterocycles. The predicted octanol–water partition coefficient (Wildman–Crippen LogP) is 2.39. The molecule has 1 aromatic rings. The fraction of sp³-hybridized carbons (Fsp3) is 0.556. The van der Waals surface area contributed by atoms with Gasteiger partial charge in [0, 0.05) is 25.3 Å². The average molecular weight is 344 g/mol. The van der Waals surface area contributed by atoms with Crippen molar-refractivity contribution >= 4 is 17.6 Å². The Balaban J connectivity index is 1.65. The van der Waals surface area contributed by atoms with Crippen molar-refractivity contribution < 1.29 is 14.3 Å². The summed E-state index contributed by atoms with van der Waals surface area (Å²) in [7, 11) is 0. The Morgan fingerprint density at radius 2 is 2.08 bits per heavy atom. The molecule has 1 aromatic heterocycles. The lowest BCUT2D eigenvalue weighted by Gasteiger charge is -2.29. The third-order valence-corrected chi connectivity index (χ3v) is 3.95. The maximum Gasteiger partial charge on any atom is 0.410 e. The monoisotopic (exact) mass is 344 g/mol. The summed E-state index contributed by atoms with van der Waals surface area (Å²) in [5.74, 6) is 0.394. The third kappa shape index (κ3) is 4.78. The maximum atomic E-state index is 12.1. The summed E-state index contributed by atoms with van der Waals surface area (Å²) in [6, 6.07) is 1.92. The highest BCUT2D eigenvalue weighted by Crippen LogP contribution is 2.22. The van der Waals surface area contributed by atoms with Gasteiger partial charge in [0.2, 0.25) is 0 Å². The van der Waals surface area contributed by atoms with Gasteiger partial charge in [0.15, 0.2) is 5.82 Å². The first-order chi connectivity index (χ1) is 11.8. The van der Waals surface area contributed by atoms with E-state index in [0.29, 0.717) is 37.1 Å². The normalized spacial score (nSPS) is 17.7. The molecule has 0 atom stereocenters. The van der Waals surface area contributed by atoms with Gasteiger partial charge in [-0.05, 0) is 51.7 Å². The lowest BCUT2D eigenvalue weighted by Crippen LogP contribution is -2.39. The molecule has 2 amide bonds. The van der Waals surface area contributed by atoms with Gasteiger partial charge in [-0.15, -0.1) is 0 Å². The van der Waals surface area contributed by atoms with Gasteiger partial charge >= 0.3 is 6.09 Å². The van der Waals surface area contributed by atoms with Crippen molar-refractivity contribution in [3.63, 3.8) is 0 Å². The van der Waals surface area contributed by atoms with E-state index in [-0.39, 0.29) is 12.0 Å². The topological polar surface area (TPSA) is 84.4 Å². The van der Waals surface area contributed by atoms with E-state index < -0.39 is 5.60 Å². The number of ether oxygens (including phenoxy) is 1. The number of nitrogens with one attached hydrogen (secondary N) is 1. The Kier molecular flexibility index (Phi) is 4.74. The Hall–Kier alpha value is -2.44. The number of nitrogens with zero attached hydrogens (tertiary/aromatic N) is 3. The van der Waals surface area contributed by atoms with Gasteiger partial charge in [0.1, 0.15) is 11.3 Å². The minimum Gasteiger partial charge on any atom is -0.444 e. The highest BCUT2D eigenvalue weighted by molar-refractivity contribution is 5.92. The van der Waals surface area contributed by atoms with Crippen LogP contribution < -0.4 is 5.32 Å². The average Bonchev–Trinajstić information content (AvgIpc) is 3.37. The molecule has 7 nitrogen and oxygen atoms in total. The van der Waals surface area contributed by atoms with Crippen LogP contribution in [0.3, 0.4) is 0 Å². The number of rotatable bonds is 3. The van der Waals surface area contributed by atoms with Crippen LogP contribution in [0.4, 0.5) is 4.79 Å². The number of amides is 2. The van der Waals surface area contributed by atoms with Crippen LogP contribution in [0, 0.1) is 0 Å². The zero-order chi connectivity index (χ0) is 18.0. The number of aromatic nitrogens is 2. The van der Waals surface area contributed by atoms with Gasteiger partial charge in [-0.25, -0.2) is 14.8 Å². The molecule has 0 unspecified atom stereocenters. The third-order valence-electron chi connectivity index (χ3n) is 3.95. The van der Waals surface area contributed by atoms with E-state index in [4.69, 9.17) is 4.74 Å². The summed E-state index contributed by atoms with van der Waals surface area (Å²) >= 11 is 0. The van der Waals surface area contributed by atoms with Crippen LogP contribution in [0.15, 0.2) is 18.3 Å². The largest absolute Gasteiger partial charge is 0.444 e. The van der Waals surface area contributed by atoms with Crippen LogP contribution in [-0.4, -0.2) is 51.6 Å². The van der Waals surface area contributed by atoms with Crippen molar-refractivity contribution in [1.82, 2.24) is 20.2 Å². The second kappa shape index (κ2) is 6.82. The van der Waals surface area contributed by atoms with E-state index in [1.807, 2.05) is 26.8 Å². The first kappa shape index (κ1) is 17.4. The summed E-state index contributed by atoms with van der Waals surface area (Å²) < 4.78 is 5.39. The lowest BCUT2D eigenvalue weighted by atomic mass is 10.1. The van der Waals surface area contributed by atoms with Crippen molar-refractivity contribution in [2.75, 3.05) is 13.1 Å². The summed E-state index contributed by atoms with van der Waals surface area (Å²) in [5.41, 5.74) is 0.821. The van der Waals surface area contributed by atoms with Gasteiger partial charge in [0.05, 0.1) is 0 Å². The van der Waals surface area contributed by atoms with Gasteiger partial charge in [-0.3, -0.25) is 4.79 Å². The van der Waals surface area contributed by atoms with Crippen molar-refractivity contribution in [3.8, 4) is 0 Å². The van der Waals surface area contributed by atoms with E-state index in [2.05, 4.69) is 15.3 Å². The van der Waals surface area contributed by atoms with E-state index in [9.17, 15) is 9.59 Å². The molecule has 3 rings (SSSR count). The van der Waals surface area contributed by atoms with E-state index >= 15 is 0 Å². The zero-order valence-electron chi connectivity index (χ0n) is 14.9. The van der Waals surface area contributed by atoms with Gasteiger partial charge in [-0.2, -0.15) is 0 Å². The second-order valence-electron chi connectivity index (χ2n) is 7.42. The van der Waals surface area contributed by atoms with Crippen LogP contribution in [0.1, 0.15) is 56.3 Å². The van der Waals surface area contributed by atoms with Crippen LogP contribution in [0.2, 0.25) is 0 Å². The molecule has 0 radical (unpaired) electrons. The Bertz CT molecular complexity index is 705. The van der Waals surface area contributed by atoms with Crippen LogP contribution in [-0.2, 0) is 4.74 Å². The number of hydrogen-bond acceptors (Lipinski definition) is 5. The van der Waals surface area contributed by atoms with Crippen molar-refractivity contribution in [2.24, 2.45) is 0 Å². The minimum absolute atomic E-state index is 0.155. The zero-order valence-corrected chi connectivity index (χ0v) is 14.9. The lowest BCUT2D eigenvalue weighted by molar-refractivity contribution is 0.0270. The molecule has 2 aliphatic rings. The van der Waals surface area contributed by atoms with E-state index in [1.54, 1.807) is 17.2 Å². The molecule has 1 fully saturated rings. The number of carbonyl (C=O) groups is 2. The highest BCUT2D eigenvalue weighted by atomic mass is 16.6. The maximum absolute atomic E-state index is 12.1. The Morgan fingerprint density at radius 1 is 1.32 bits per heavy atom. The minimum atomic E-state index is -0.507. The van der Waals surface area contributed by atoms with Crippen LogP contribution in [0.5, 0.6) is 0 Å². The second-order valence-corrected chi connectivity index (χ2v) is 7.42. The predicted molar refractivity (Wildman–Crippen MR) is 92.9 cm³/mol. The van der Waals surface area contributed by atoms with Crippen molar-refractivity contribution in [1.29, 1.82) is 0 Å². The molecule has 7 heteroatoms. The molecule has 25 heavy (non-hydrogen) atoms. The summed E-state index contributed by atoms with van der Waals surface area (Å²) in [4.78, 5) is 34.5. The standard InChI is InChI=1S/C18H24N4O3/c1-18(2,3)25-17(24)22-10-7-12(8-11-22)15-19-9-6-14(21-15)16(23)20-13-4-5-13/h6-7,9,13H,4-5,8,10-11H2,1-3H3,(H,20,23). The number of hydrogen-bond donors (Lipinski definition) is 1. The number of carbonyl (C=O) groups excluding carboxylic acids is 2. The van der Waals surface area contributed by atoms with Gasteiger partial charge in [0.25, 0.3) is 5.91 Å². The van der Waals surface area contributed by atoms with Gasteiger partial charge in [-0.1, -0.05) is 6.08 Å². The molecule has 1 saturated carbocycles. The molecule has 1 aliphatic carbocycles. The molecule has 0 aromatic carbocycles. The molecule has 1 N–H and O–H groups in total. The summed E-state index contributed by atoms with van der Waals surface area (Å²) in [6.45, 7) is 6.54. The quantitative estimate of drug-likeness (QED) is 0.910. The summed E-state index contributed by atoms with van der Waals surface area (Å²) in [6.07, 6.45) is 5.91. The fourth-order valence-electron chi connectivity index (χ4n) is 2.49. The molecular formula is C18H24N4O3. The molecule has 0 bridgehead atoms. The first-order valence-electron chi connectivity index (χ1n) is 8.63. The molecule has 1 aliphatic heterocycles.